The van der Waals surface area contributed by atoms with E-state index in [2.05, 4.69) is 41.1 Å². The number of rotatable bonds is 8. The summed E-state index contributed by atoms with van der Waals surface area (Å²) in [6.45, 7) is 4.06. The highest BCUT2D eigenvalue weighted by Crippen LogP contribution is 2.22. The van der Waals surface area contributed by atoms with Crippen LogP contribution in [0.4, 0.5) is 34.9 Å². The Labute approximate surface area is 195 Å². The van der Waals surface area contributed by atoms with Gasteiger partial charge in [0, 0.05) is 35.9 Å². The molecule has 0 aliphatic carbocycles. The lowest BCUT2D eigenvalue weighted by atomic mass is 10.1. The van der Waals surface area contributed by atoms with Gasteiger partial charge in [-0.1, -0.05) is 6.07 Å². The molecule has 0 spiro atoms. The second-order valence-electron chi connectivity index (χ2n) is 7.31. The first-order valence-electron chi connectivity index (χ1n) is 10.3. The maximum absolute atomic E-state index is 10.9. The molecule has 4 aromatic rings. The lowest BCUT2D eigenvalue weighted by Crippen LogP contribution is -2.07. The average Bonchev–Trinajstić information content (AvgIpc) is 2.82. The molecule has 2 aromatic carbocycles. The standard InChI is InChI=1S/C23H21N9O2/c1-15-3-4-19(13-16(15)2)27-22-28-21(26-18-5-7-20(8-6-18)32(33)34)29-23(30-22)31-25-14-17-9-11-24-12-10-17/h3-14H,1-2H3,(H3,26,27,28,29,30,31). The van der Waals surface area contributed by atoms with Crippen molar-refractivity contribution in [2.24, 2.45) is 5.10 Å². The third-order valence-corrected chi connectivity index (χ3v) is 4.82. The monoisotopic (exact) mass is 455 g/mol. The number of hydrogen-bond acceptors (Lipinski definition) is 10. The smallest absolute Gasteiger partial charge is 0.269 e. The Morgan fingerprint density at radius 1 is 0.824 bits per heavy atom. The SMILES string of the molecule is Cc1ccc(Nc2nc(NN=Cc3ccncc3)nc(Nc3ccc([N+](=O)[O-])cc3)n2)cc1C. The maximum atomic E-state index is 10.9. The molecular formula is C23H21N9O2. The fourth-order valence-corrected chi connectivity index (χ4v) is 2.90. The van der Waals surface area contributed by atoms with Crippen LogP contribution in [-0.4, -0.2) is 31.1 Å². The molecule has 11 heteroatoms. The molecule has 2 aromatic heterocycles. The van der Waals surface area contributed by atoms with Crippen molar-refractivity contribution in [3.8, 4) is 0 Å². The van der Waals surface area contributed by atoms with Gasteiger partial charge in [0.15, 0.2) is 0 Å². The van der Waals surface area contributed by atoms with Crippen LogP contribution < -0.4 is 16.1 Å². The Balaban J connectivity index is 1.59. The van der Waals surface area contributed by atoms with Crippen molar-refractivity contribution in [1.29, 1.82) is 0 Å². The molecule has 0 aliphatic rings. The van der Waals surface area contributed by atoms with Crippen LogP contribution >= 0.6 is 0 Å². The van der Waals surface area contributed by atoms with E-state index in [4.69, 9.17) is 0 Å². The first-order valence-corrected chi connectivity index (χ1v) is 10.3. The first kappa shape index (κ1) is 22.3. The van der Waals surface area contributed by atoms with Crippen LogP contribution in [0, 0.1) is 24.0 Å². The lowest BCUT2D eigenvalue weighted by molar-refractivity contribution is -0.384. The van der Waals surface area contributed by atoms with E-state index in [9.17, 15) is 10.1 Å². The Morgan fingerprint density at radius 2 is 1.44 bits per heavy atom. The predicted octanol–water partition coefficient (Wildman–Crippen LogP) is 4.72. The van der Waals surface area contributed by atoms with Gasteiger partial charge in [-0.15, -0.1) is 0 Å². The lowest BCUT2D eigenvalue weighted by Gasteiger charge is -2.11. The molecule has 11 nitrogen and oxygen atoms in total. The van der Waals surface area contributed by atoms with Gasteiger partial charge in [-0.25, -0.2) is 5.43 Å². The minimum absolute atomic E-state index is 0.00824. The maximum Gasteiger partial charge on any atom is 0.269 e. The molecule has 2 heterocycles. The normalized spacial score (nSPS) is 10.8. The van der Waals surface area contributed by atoms with Crippen molar-refractivity contribution >= 4 is 41.1 Å². The molecule has 0 amide bonds. The summed E-state index contributed by atoms with van der Waals surface area (Å²) in [7, 11) is 0. The van der Waals surface area contributed by atoms with Gasteiger partial charge in [0.05, 0.1) is 11.1 Å². The predicted molar refractivity (Wildman–Crippen MR) is 131 cm³/mol. The van der Waals surface area contributed by atoms with Gasteiger partial charge in [0.25, 0.3) is 5.69 Å². The van der Waals surface area contributed by atoms with Crippen LogP contribution in [-0.2, 0) is 0 Å². The van der Waals surface area contributed by atoms with Gasteiger partial charge in [-0.2, -0.15) is 20.1 Å². The van der Waals surface area contributed by atoms with Crippen molar-refractivity contribution in [2.75, 3.05) is 16.1 Å². The molecule has 0 saturated carbocycles. The highest BCUT2D eigenvalue weighted by Gasteiger charge is 2.09. The third-order valence-electron chi connectivity index (χ3n) is 4.82. The van der Waals surface area contributed by atoms with E-state index in [1.54, 1.807) is 30.7 Å². The largest absolute Gasteiger partial charge is 0.324 e. The van der Waals surface area contributed by atoms with Crippen molar-refractivity contribution in [3.05, 3.63) is 93.8 Å². The summed E-state index contributed by atoms with van der Waals surface area (Å²) < 4.78 is 0. The average molecular weight is 455 g/mol. The molecule has 0 fully saturated rings. The summed E-state index contributed by atoms with van der Waals surface area (Å²) in [6, 6.07) is 15.5. The zero-order valence-corrected chi connectivity index (χ0v) is 18.4. The molecular weight excluding hydrogens is 434 g/mol. The zero-order chi connectivity index (χ0) is 23.9. The fraction of sp³-hybridized carbons (Fsp3) is 0.0870. The highest BCUT2D eigenvalue weighted by molar-refractivity contribution is 5.79. The summed E-state index contributed by atoms with van der Waals surface area (Å²) in [5.41, 5.74) is 7.36. The fourth-order valence-electron chi connectivity index (χ4n) is 2.90. The molecule has 170 valence electrons. The number of anilines is 5. The van der Waals surface area contributed by atoms with Gasteiger partial charge < -0.3 is 10.6 Å². The first-order chi connectivity index (χ1) is 16.5. The Bertz CT molecular complexity index is 1330. The number of nitrogens with zero attached hydrogens (tertiary/aromatic N) is 6. The molecule has 0 bridgehead atoms. The summed E-state index contributed by atoms with van der Waals surface area (Å²) in [5, 5.41) is 21.3. The second kappa shape index (κ2) is 10.1. The molecule has 0 unspecified atom stereocenters. The number of nitro groups is 1. The number of aromatic nitrogens is 4. The van der Waals surface area contributed by atoms with E-state index in [0.29, 0.717) is 11.6 Å². The highest BCUT2D eigenvalue weighted by atomic mass is 16.6. The number of hydrogen-bond donors (Lipinski definition) is 3. The van der Waals surface area contributed by atoms with Gasteiger partial charge >= 0.3 is 0 Å². The summed E-state index contributed by atoms with van der Waals surface area (Å²) >= 11 is 0. The molecule has 0 atom stereocenters. The van der Waals surface area contributed by atoms with Gasteiger partial charge in [-0.3, -0.25) is 15.1 Å². The van der Waals surface area contributed by atoms with E-state index in [1.807, 2.05) is 44.2 Å². The molecule has 34 heavy (non-hydrogen) atoms. The Morgan fingerprint density at radius 3 is 2.09 bits per heavy atom. The van der Waals surface area contributed by atoms with Crippen LogP contribution in [0.2, 0.25) is 0 Å². The third kappa shape index (κ3) is 5.85. The van der Waals surface area contributed by atoms with E-state index in [-0.39, 0.29) is 17.6 Å². The van der Waals surface area contributed by atoms with Crippen LogP contribution in [0.25, 0.3) is 0 Å². The van der Waals surface area contributed by atoms with Gasteiger partial charge in [0.2, 0.25) is 17.8 Å². The number of benzene rings is 2. The van der Waals surface area contributed by atoms with E-state index >= 15 is 0 Å². The summed E-state index contributed by atoms with van der Waals surface area (Å²) in [6.07, 6.45) is 4.95. The topological polar surface area (TPSA) is 143 Å². The Hall–Kier alpha value is -4.93. The zero-order valence-electron chi connectivity index (χ0n) is 18.4. The molecule has 3 N–H and O–H groups in total. The van der Waals surface area contributed by atoms with Crippen LogP contribution in [0.5, 0.6) is 0 Å². The minimum atomic E-state index is -0.457. The number of hydrazone groups is 1. The van der Waals surface area contributed by atoms with E-state index < -0.39 is 4.92 Å². The van der Waals surface area contributed by atoms with Crippen molar-refractivity contribution in [2.45, 2.75) is 13.8 Å². The van der Waals surface area contributed by atoms with Gasteiger partial charge in [-0.05, 0) is 66.9 Å². The minimum Gasteiger partial charge on any atom is -0.324 e. The van der Waals surface area contributed by atoms with Crippen molar-refractivity contribution < 1.29 is 4.92 Å². The van der Waals surface area contributed by atoms with Gasteiger partial charge in [0.1, 0.15) is 0 Å². The van der Waals surface area contributed by atoms with Crippen LogP contribution in [0.15, 0.2) is 72.1 Å². The van der Waals surface area contributed by atoms with Crippen LogP contribution in [0.3, 0.4) is 0 Å². The van der Waals surface area contributed by atoms with Crippen molar-refractivity contribution in [3.63, 3.8) is 0 Å². The summed E-state index contributed by atoms with van der Waals surface area (Å²) in [4.78, 5) is 27.6. The Kier molecular flexibility index (Phi) is 6.63. The van der Waals surface area contributed by atoms with E-state index in [0.717, 1.165) is 16.8 Å². The number of nitro benzene ring substituents is 1. The number of aryl methyl sites for hydroxylation is 2. The molecule has 0 radical (unpaired) electrons. The van der Waals surface area contributed by atoms with Crippen molar-refractivity contribution in [1.82, 2.24) is 19.9 Å². The van der Waals surface area contributed by atoms with Crippen LogP contribution in [0.1, 0.15) is 16.7 Å². The quantitative estimate of drug-likeness (QED) is 0.195. The number of nitrogens with one attached hydrogen (secondary N) is 3. The molecule has 4 rings (SSSR count). The second-order valence-corrected chi connectivity index (χ2v) is 7.31. The molecule has 0 saturated heterocycles. The van der Waals surface area contributed by atoms with E-state index in [1.165, 1.54) is 17.7 Å². The summed E-state index contributed by atoms with van der Waals surface area (Å²) in [5.74, 6) is 0.733. The molecule has 0 aliphatic heterocycles. The number of non-ortho nitro benzene ring substituents is 1. The number of pyridine rings is 1.